The first-order valence-electron chi connectivity index (χ1n) is 8.92. The van der Waals surface area contributed by atoms with Crippen molar-refractivity contribution in [3.63, 3.8) is 0 Å². The minimum Gasteiger partial charge on any atom is -0.316 e. The average Bonchev–Trinajstić information content (AvgIpc) is 3.38. The molecule has 0 bridgehead atoms. The summed E-state index contributed by atoms with van der Waals surface area (Å²) in [5.74, 6) is 0.634. The van der Waals surface area contributed by atoms with Crippen LogP contribution in [0, 0.1) is 11.3 Å². The standard InChI is InChI=1S/C19H19N7S2/c1-27-18-22-9-14(10-23-18)11-26-6-2-3-16(26)15-12-28-19(24-15)25-17-7-13(8-20)4-5-21-17/h4-5,7,9-10,12,16H,2-3,6,11H2,1H3,(H,21,24,25). The fourth-order valence-electron chi connectivity index (χ4n) is 3.29. The molecule has 1 unspecified atom stereocenters. The van der Waals surface area contributed by atoms with Gasteiger partial charge in [-0.1, -0.05) is 11.8 Å². The molecule has 28 heavy (non-hydrogen) atoms. The van der Waals surface area contributed by atoms with E-state index in [2.05, 4.69) is 36.6 Å². The quantitative estimate of drug-likeness (QED) is 0.482. The Morgan fingerprint density at radius 1 is 1.36 bits per heavy atom. The van der Waals surface area contributed by atoms with Crippen LogP contribution in [0.15, 0.2) is 41.3 Å². The molecule has 0 aromatic carbocycles. The van der Waals surface area contributed by atoms with E-state index >= 15 is 0 Å². The predicted molar refractivity (Wildman–Crippen MR) is 111 cm³/mol. The molecule has 3 aromatic rings. The Morgan fingerprint density at radius 2 is 2.21 bits per heavy atom. The second kappa shape index (κ2) is 8.65. The highest BCUT2D eigenvalue weighted by atomic mass is 32.2. The molecule has 0 spiro atoms. The fourth-order valence-corrected chi connectivity index (χ4v) is 4.37. The minimum atomic E-state index is 0.297. The Morgan fingerprint density at radius 3 is 3.00 bits per heavy atom. The highest BCUT2D eigenvalue weighted by Crippen LogP contribution is 2.35. The van der Waals surface area contributed by atoms with Crippen molar-refractivity contribution >= 4 is 34.0 Å². The number of hydrogen-bond acceptors (Lipinski definition) is 9. The number of anilines is 2. The van der Waals surface area contributed by atoms with E-state index in [1.807, 2.05) is 18.6 Å². The third-order valence-electron chi connectivity index (χ3n) is 4.60. The molecule has 4 rings (SSSR count). The van der Waals surface area contributed by atoms with Crippen molar-refractivity contribution in [2.45, 2.75) is 30.6 Å². The summed E-state index contributed by atoms with van der Waals surface area (Å²) >= 11 is 3.11. The van der Waals surface area contributed by atoms with E-state index in [0.29, 0.717) is 17.4 Å². The highest BCUT2D eigenvalue weighted by Gasteiger charge is 2.28. The van der Waals surface area contributed by atoms with Gasteiger partial charge in [-0.2, -0.15) is 5.26 Å². The van der Waals surface area contributed by atoms with E-state index in [4.69, 9.17) is 10.2 Å². The highest BCUT2D eigenvalue weighted by molar-refractivity contribution is 7.98. The summed E-state index contributed by atoms with van der Waals surface area (Å²) in [6, 6.07) is 5.83. The smallest absolute Gasteiger partial charge is 0.188 e. The van der Waals surface area contributed by atoms with Crippen LogP contribution in [0.4, 0.5) is 10.9 Å². The monoisotopic (exact) mass is 409 g/mol. The number of rotatable bonds is 6. The van der Waals surface area contributed by atoms with Crippen LogP contribution < -0.4 is 5.32 Å². The van der Waals surface area contributed by atoms with Crippen LogP contribution in [0.25, 0.3) is 0 Å². The number of aromatic nitrogens is 4. The van der Waals surface area contributed by atoms with Gasteiger partial charge in [-0.3, -0.25) is 4.90 Å². The summed E-state index contributed by atoms with van der Waals surface area (Å²) in [5.41, 5.74) is 2.77. The number of hydrogen-bond donors (Lipinski definition) is 1. The molecular weight excluding hydrogens is 390 g/mol. The van der Waals surface area contributed by atoms with Gasteiger partial charge in [-0.15, -0.1) is 11.3 Å². The van der Waals surface area contributed by atoms with Gasteiger partial charge < -0.3 is 5.32 Å². The van der Waals surface area contributed by atoms with Gasteiger partial charge in [0.15, 0.2) is 10.3 Å². The van der Waals surface area contributed by atoms with Crippen molar-refractivity contribution in [1.29, 1.82) is 5.26 Å². The topological polar surface area (TPSA) is 90.6 Å². The van der Waals surface area contributed by atoms with Crippen molar-refractivity contribution in [3.8, 4) is 6.07 Å². The number of nitriles is 1. The Balaban J connectivity index is 1.45. The summed E-state index contributed by atoms with van der Waals surface area (Å²) in [6.07, 6.45) is 9.67. The van der Waals surface area contributed by atoms with Crippen molar-refractivity contribution < 1.29 is 0 Å². The van der Waals surface area contributed by atoms with Gasteiger partial charge in [0.25, 0.3) is 0 Å². The Labute approximate surface area is 171 Å². The van der Waals surface area contributed by atoms with Gasteiger partial charge in [0, 0.05) is 36.1 Å². The second-order valence-electron chi connectivity index (χ2n) is 6.45. The van der Waals surface area contributed by atoms with Crippen molar-refractivity contribution in [2.24, 2.45) is 0 Å². The average molecular weight is 410 g/mol. The Kier molecular flexibility index (Phi) is 5.81. The molecule has 1 aliphatic heterocycles. The maximum absolute atomic E-state index is 9.02. The molecule has 1 aliphatic rings. The van der Waals surface area contributed by atoms with Crippen LogP contribution in [0.1, 0.15) is 35.7 Å². The van der Waals surface area contributed by atoms with E-state index in [-0.39, 0.29) is 0 Å². The summed E-state index contributed by atoms with van der Waals surface area (Å²) < 4.78 is 0. The maximum Gasteiger partial charge on any atom is 0.188 e. The van der Waals surface area contributed by atoms with Crippen LogP contribution in [-0.2, 0) is 6.54 Å². The van der Waals surface area contributed by atoms with Crippen LogP contribution in [0.2, 0.25) is 0 Å². The molecule has 3 aromatic heterocycles. The Hall–Kier alpha value is -2.54. The zero-order valence-corrected chi connectivity index (χ0v) is 17.0. The van der Waals surface area contributed by atoms with Gasteiger partial charge >= 0.3 is 0 Å². The number of nitrogens with one attached hydrogen (secondary N) is 1. The van der Waals surface area contributed by atoms with Gasteiger partial charge in [0.2, 0.25) is 0 Å². The van der Waals surface area contributed by atoms with Crippen LogP contribution in [-0.4, -0.2) is 37.6 Å². The lowest BCUT2D eigenvalue weighted by atomic mass is 10.1. The molecule has 0 radical (unpaired) electrons. The molecule has 1 saturated heterocycles. The van der Waals surface area contributed by atoms with Crippen LogP contribution in [0.3, 0.4) is 0 Å². The molecule has 1 atom stereocenters. The molecular formula is C19H19N7S2. The van der Waals surface area contributed by atoms with Crippen molar-refractivity contribution in [2.75, 3.05) is 18.1 Å². The van der Waals surface area contributed by atoms with Gasteiger partial charge in [-0.05, 0) is 37.8 Å². The minimum absolute atomic E-state index is 0.297. The maximum atomic E-state index is 9.02. The van der Waals surface area contributed by atoms with E-state index in [1.165, 1.54) is 0 Å². The van der Waals surface area contributed by atoms with E-state index in [0.717, 1.165) is 47.5 Å². The summed E-state index contributed by atoms with van der Waals surface area (Å²) in [5, 5.41) is 15.9. The van der Waals surface area contributed by atoms with Crippen molar-refractivity contribution in [1.82, 2.24) is 24.8 Å². The number of nitrogens with zero attached hydrogens (tertiary/aromatic N) is 6. The number of thiazole rings is 1. The van der Waals surface area contributed by atoms with Crippen LogP contribution >= 0.6 is 23.1 Å². The zero-order chi connectivity index (χ0) is 19.3. The van der Waals surface area contributed by atoms with Crippen LogP contribution in [0.5, 0.6) is 0 Å². The Bertz CT molecular complexity index is 980. The molecule has 1 N–H and O–H groups in total. The zero-order valence-electron chi connectivity index (χ0n) is 15.4. The molecule has 0 amide bonds. The number of thioether (sulfide) groups is 1. The normalized spacial score (nSPS) is 16.8. The predicted octanol–water partition coefficient (Wildman–Crippen LogP) is 4.00. The largest absolute Gasteiger partial charge is 0.316 e. The first kappa shape index (κ1) is 18.8. The fraction of sp³-hybridized carbons (Fsp3) is 0.316. The SMILES string of the molecule is CSc1ncc(CN2CCCC2c2csc(Nc3cc(C#N)ccn3)n2)cn1. The van der Waals surface area contributed by atoms with Gasteiger partial charge in [-0.25, -0.2) is 19.9 Å². The number of pyridine rings is 1. The molecule has 142 valence electrons. The third kappa shape index (κ3) is 4.30. The molecule has 0 aliphatic carbocycles. The van der Waals surface area contributed by atoms with Gasteiger partial charge in [0.1, 0.15) is 5.82 Å². The summed E-state index contributed by atoms with van der Waals surface area (Å²) in [4.78, 5) is 20.2. The first-order valence-corrected chi connectivity index (χ1v) is 11.0. The lowest BCUT2D eigenvalue weighted by molar-refractivity contribution is 0.244. The first-order chi connectivity index (χ1) is 13.7. The lowest BCUT2D eigenvalue weighted by Crippen LogP contribution is -2.23. The van der Waals surface area contributed by atoms with Gasteiger partial charge in [0.05, 0.1) is 23.4 Å². The van der Waals surface area contributed by atoms with Crippen molar-refractivity contribution in [3.05, 3.63) is 52.9 Å². The third-order valence-corrected chi connectivity index (χ3v) is 5.95. The molecule has 4 heterocycles. The summed E-state index contributed by atoms with van der Waals surface area (Å²) in [7, 11) is 0. The molecule has 9 heteroatoms. The van der Waals surface area contributed by atoms with E-state index in [9.17, 15) is 0 Å². The van der Waals surface area contributed by atoms with E-state index < -0.39 is 0 Å². The second-order valence-corrected chi connectivity index (χ2v) is 8.08. The molecule has 7 nitrogen and oxygen atoms in total. The number of likely N-dealkylation sites (tertiary alicyclic amines) is 1. The summed E-state index contributed by atoms with van der Waals surface area (Å²) in [6.45, 7) is 1.87. The van der Waals surface area contributed by atoms with E-state index in [1.54, 1.807) is 41.4 Å². The molecule has 0 saturated carbocycles. The lowest BCUT2D eigenvalue weighted by Gasteiger charge is -2.22. The molecule has 1 fully saturated rings.